The number of hydrogen-bond donors (Lipinski definition) is 1. The highest BCUT2D eigenvalue weighted by atomic mass is 32.1. The third kappa shape index (κ3) is 2.39. The summed E-state index contributed by atoms with van der Waals surface area (Å²) in [5, 5.41) is 5.18. The molecule has 0 amide bonds. The van der Waals surface area contributed by atoms with Crippen LogP contribution < -0.4 is 10.1 Å². The van der Waals surface area contributed by atoms with Crippen molar-refractivity contribution in [3.63, 3.8) is 0 Å². The number of fused-ring (bicyclic) bond motifs is 1. The number of benzene rings is 1. The summed E-state index contributed by atoms with van der Waals surface area (Å²) in [7, 11) is 1.52. The van der Waals surface area contributed by atoms with E-state index in [-0.39, 0.29) is 5.82 Å². The quantitative estimate of drug-likeness (QED) is 0.796. The summed E-state index contributed by atoms with van der Waals surface area (Å²) in [4.78, 5) is 5.43. The number of methoxy groups -OCH3 is 1. The Balaban J connectivity index is 1.77. The first-order valence-electron chi connectivity index (χ1n) is 5.75. The van der Waals surface area contributed by atoms with Crippen LogP contribution in [-0.2, 0) is 6.54 Å². The second-order valence-electron chi connectivity index (χ2n) is 4.02. The number of anilines is 1. The molecule has 0 unspecified atom stereocenters. The Hall–Kier alpha value is -2.08. The fourth-order valence-corrected chi connectivity index (χ4v) is 2.58. The molecule has 0 bridgehead atoms. The van der Waals surface area contributed by atoms with E-state index in [0.29, 0.717) is 12.3 Å². The minimum absolute atomic E-state index is 0.315. The Morgan fingerprint density at radius 1 is 1.47 bits per heavy atom. The van der Waals surface area contributed by atoms with E-state index >= 15 is 0 Å². The van der Waals surface area contributed by atoms with Gasteiger partial charge in [0.2, 0.25) is 0 Å². The van der Waals surface area contributed by atoms with Gasteiger partial charge in [-0.3, -0.25) is 4.40 Å². The van der Waals surface area contributed by atoms with E-state index in [1.807, 2.05) is 22.2 Å². The fraction of sp³-hybridized carbons (Fsp3) is 0.154. The number of imidazole rings is 1. The van der Waals surface area contributed by atoms with Crippen molar-refractivity contribution in [2.75, 3.05) is 12.4 Å². The molecule has 4 nitrogen and oxygen atoms in total. The Labute approximate surface area is 113 Å². The Morgan fingerprint density at radius 3 is 3.16 bits per heavy atom. The molecule has 1 N–H and O–H groups in total. The molecule has 3 rings (SSSR count). The second kappa shape index (κ2) is 4.89. The smallest absolute Gasteiger partial charge is 0.193 e. The van der Waals surface area contributed by atoms with Gasteiger partial charge in [-0.05, 0) is 12.1 Å². The molecule has 3 aromatic rings. The zero-order chi connectivity index (χ0) is 13.2. The highest BCUT2D eigenvalue weighted by Crippen LogP contribution is 2.25. The molecule has 1 aromatic carbocycles. The van der Waals surface area contributed by atoms with Crippen LogP contribution in [0.15, 0.2) is 36.0 Å². The summed E-state index contributed by atoms with van der Waals surface area (Å²) in [5.41, 5.74) is 1.68. The molecule has 0 radical (unpaired) electrons. The van der Waals surface area contributed by atoms with Crippen molar-refractivity contribution in [1.82, 2.24) is 9.38 Å². The molecule has 0 spiro atoms. The SMILES string of the molecule is COc1cc(F)ccc1NCc1cn2ccsc2n1. The van der Waals surface area contributed by atoms with E-state index in [1.165, 1.54) is 19.2 Å². The molecular formula is C13H12FN3OS. The predicted molar refractivity (Wildman–Crippen MR) is 73.3 cm³/mol. The maximum absolute atomic E-state index is 13.1. The van der Waals surface area contributed by atoms with Gasteiger partial charge in [0.1, 0.15) is 11.6 Å². The van der Waals surface area contributed by atoms with E-state index in [2.05, 4.69) is 10.3 Å². The van der Waals surface area contributed by atoms with Crippen molar-refractivity contribution in [3.05, 3.63) is 47.5 Å². The number of halogens is 1. The van der Waals surface area contributed by atoms with Gasteiger partial charge in [0.15, 0.2) is 4.96 Å². The van der Waals surface area contributed by atoms with Gasteiger partial charge >= 0.3 is 0 Å². The number of nitrogens with one attached hydrogen (secondary N) is 1. The highest BCUT2D eigenvalue weighted by Gasteiger charge is 2.06. The zero-order valence-corrected chi connectivity index (χ0v) is 11.1. The van der Waals surface area contributed by atoms with E-state index in [9.17, 15) is 4.39 Å². The maximum Gasteiger partial charge on any atom is 0.193 e. The number of ether oxygens (including phenoxy) is 1. The van der Waals surface area contributed by atoms with Gasteiger partial charge in [-0.2, -0.15) is 0 Å². The summed E-state index contributed by atoms with van der Waals surface area (Å²) < 4.78 is 20.2. The summed E-state index contributed by atoms with van der Waals surface area (Å²) in [6.07, 6.45) is 3.93. The first kappa shape index (κ1) is 12.0. The topological polar surface area (TPSA) is 38.6 Å². The molecular weight excluding hydrogens is 265 g/mol. The fourth-order valence-electron chi connectivity index (χ4n) is 1.86. The third-order valence-corrected chi connectivity index (χ3v) is 3.54. The molecule has 19 heavy (non-hydrogen) atoms. The molecule has 98 valence electrons. The third-order valence-electron chi connectivity index (χ3n) is 2.77. The van der Waals surface area contributed by atoms with Crippen LogP contribution in [0.4, 0.5) is 10.1 Å². The first-order chi connectivity index (χ1) is 9.26. The van der Waals surface area contributed by atoms with Crippen molar-refractivity contribution in [2.24, 2.45) is 0 Å². The largest absolute Gasteiger partial charge is 0.494 e. The Morgan fingerprint density at radius 2 is 2.37 bits per heavy atom. The number of thiazole rings is 1. The Kier molecular flexibility index (Phi) is 3.08. The summed E-state index contributed by atoms with van der Waals surface area (Å²) in [6, 6.07) is 4.41. The van der Waals surface area contributed by atoms with Crippen LogP contribution in [0.25, 0.3) is 4.96 Å². The minimum Gasteiger partial charge on any atom is -0.494 e. The van der Waals surface area contributed by atoms with Gasteiger partial charge in [-0.1, -0.05) is 0 Å². The molecule has 6 heteroatoms. The van der Waals surface area contributed by atoms with Crippen LogP contribution in [0, 0.1) is 5.82 Å². The van der Waals surface area contributed by atoms with Gasteiger partial charge < -0.3 is 10.1 Å². The lowest BCUT2D eigenvalue weighted by atomic mass is 10.2. The van der Waals surface area contributed by atoms with Crippen molar-refractivity contribution in [1.29, 1.82) is 0 Å². The number of rotatable bonds is 4. The van der Waals surface area contributed by atoms with Gasteiger partial charge in [-0.25, -0.2) is 9.37 Å². The molecule has 0 fully saturated rings. The Bertz CT molecular complexity index is 678. The molecule has 2 aromatic heterocycles. The molecule has 0 aliphatic carbocycles. The van der Waals surface area contributed by atoms with Crippen LogP contribution in [0.5, 0.6) is 5.75 Å². The summed E-state index contributed by atoms with van der Waals surface area (Å²) >= 11 is 1.59. The van der Waals surface area contributed by atoms with Crippen molar-refractivity contribution in [3.8, 4) is 5.75 Å². The lowest BCUT2D eigenvalue weighted by Crippen LogP contribution is -2.01. The van der Waals surface area contributed by atoms with E-state index < -0.39 is 0 Å². The van der Waals surface area contributed by atoms with Crippen LogP contribution in [0.1, 0.15) is 5.69 Å². The zero-order valence-electron chi connectivity index (χ0n) is 10.3. The van der Waals surface area contributed by atoms with Crippen molar-refractivity contribution in [2.45, 2.75) is 6.54 Å². The highest BCUT2D eigenvalue weighted by molar-refractivity contribution is 7.15. The average molecular weight is 277 g/mol. The summed E-state index contributed by atoms with van der Waals surface area (Å²) in [6.45, 7) is 0.566. The van der Waals surface area contributed by atoms with Crippen molar-refractivity contribution < 1.29 is 9.13 Å². The molecule has 0 atom stereocenters. The standard InChI is InChI=1S/C13H12FN3OS/c1-18-12-6-9(14)2-3-11(12)15-7-10-8-17-4-5-19-13(17)16-10/h2-6,8,15H,7H2,1H3. The van der Waals surface area contributed by atoms with Crippen LogP contribution in [0.2, 0.25) is 0 Å². The molecule has 0 aliphatic rings. The van der Waals surface area contributed by atoms with Gasteiger partial charge in [-0.15, -0.1) is 11.3 Å². The summed E-state index contributed by atoms with van der Waals surface area (Å²) in [5.74, 6) is 0.172. The lowest BCUT2D eigenvalue weighted by molar-refractivity contribution is 0.413. The number of nitrogens with zero attached hydrogens (tertiary/aromatic N) is 2. The second-order valence-corrected chi connectivity index (χ2v) is 4.90. The minimum atomic E-state index is -0.315. The lowest BCUT2D eigenvalue weighted by Gasteiger charge is -2.09. The molecule has 0 saturated carbocycles. The predicted octanol–water partition coefficient (Wildman–Crippen LogP) is 3.16. The van der Waals surface area contributed by atoms with E-state index in [0.717, 1.165) is 16.3 Å². The van der Waals surface area contributed by atoms with Gasteiger partial charge in [0.25, 0.3) is 0 Å². The van der Waals surface area contributed by atoms with E-state index in [1.54, 1.807) is 17.4 Å². The van der Waals surface area contributed by atoms with Crippen LogP contribution in [-0.4, -0.2) is 16.5 Å². The van der Waals surface area contributed by atoms with Gasteiger partial charge in [0.05, 0.1) is 25.0 Å². The molecule has 0 aliphatic heterocycles. The normalized spacial score (nSPS) is 10.8. The average Bonchev–Trinajstić information content (AvgIpc) is 2.97. The van der Waals surface area contributed by atoms with Gasteiger partial charge in [0, 0.05) is 23.8 Å². The number of hydrogen-bond acceptors (Lipinski definition) is 4. The first-order valence-corrected chi connectivity index (χ1v) is 6.63. The van der Waals surface area contributed by atoms with Crippen LogP contribution >= 0.6 is 11.3 Å². The molecule has 0 saturated heterocycles. The number of aromatic nitrogens is 2. The molecule has 2 heterocycles. The monoisotopic (exact) mass is 277 g/mol. The van der Waals surface area contributed by atoms with Crippen LogP contribution in [0.3, 0.4) is 0 Å². The van der Waals surface area contributed by atoms with E-state index in [4.69, 9.17) is 4.74 Å². The maximum atomic E-state index is 13.1. The van der Waals surface area contributed by atoms with Crippen molar-refractivity contribution >= 4 is 22.0 Å².